The maximum absolute atomic E-state index is 12.8. The molecule has 152 valence electrons. The highest BCUT2D eigenvalue weighted by Gasteiger charge is 2.27. The Balaban J connectivity index is 1.68. The zero-order chi connectivity index (χ0) is 20.1. The molecule has 1 aromatic carbocycles. The number of ether oxygens (including phenoxy) is 2. The number of nitrogens with one attached hydrogen (secondary N) is 1. The van der Waals surface area contributed by atoms with Gasteiger partial charge in [-0.25, -0.2) is 13.4 Å². The smallest absolute Gasteiger partial charge is 0.244 e. The van der Waals surface area contributed by atoms with E-state index >= 15 is 0 Å². The number of rotatable bonds is 7. The summed E-state index contributed by atoms with van der Waals surface area (Å²) in [7, 11) is 1.70. The molecular formula is C19H26N4O4S. The molecule has 0 aliphatic carbocycles. The Morgan fingerprint density at radius 2 is 1.82 bits per heavy atom. The van der Waals surface area contributed by atoms with Gasteiger partial charge < -0.3 is 19.7 Å². The number of likely N-dealkylation sites (N-methyl/N-ethyl adjacent to an activating group) is 1. The van der Waals surface area contributed by atoms with Crippen molar-refractivity contribution in [2.24, 2.45) is 0 Å². The highest BCUT2D eigenvalue weighted by molar-refractivity contribution is 7.89. The number of aromatic nitrogens is 1. The zero-order valence-corrected chi connectivity index (χ0v) is 17.2. The van der Waals surface area contributed by atoms with Crippen LogP contribution < -0.4 is 14.8 Å². The topological polar surface area (TPSA) is 84.0 Å². The van der Waals surface area contributed by atoms with Crippen LogP contribution in [0.3, 0.4) is 0 Å². The molecule has 1 saturated heterocycles. The Morgan fingerprint density at radius 3 is 2.43 bits per heavy atom. The minimum Gasteiger partial charge on any atom is -0.497 e. The number of hydrogen-bond donors (Lipinski definition) is 1. The minimum atomic E-state index is -3.51. The number of piperazine rings is 1. The van der Waals surface area contributed by atoms with Crippen molar-refractivity contribution in [3.05, 3.63) is 42.1 Å². The molecule has 0 atom stereocenters. The highest BCUT2D eigenvalue weighted by atomic mass is 32.2. The van der Waals surface area contributed by atoms with Crippen LogP contribution in [-0.4, -0.2) is 70.1 Å². The van der Waals surface area contributed by atoms with Crippen LogP contribution in [0.15, 0.2) is 41.4 Å². The van der Waals surface area contributed by atoms with Crippen molar-refractivity contribution in [1.29, 1.82) is 0 Å². The van der Waals surface area contributed by atoms with Crippen molar-refractivity contribution in [2.45, 2.75) is 11.4 Å². The fraction of sp³-hybridized carbons (Fsp3) is 0.421. The first-order valence-electron chi connectivity index (χ1n) is 9.03. The number of anilines is 1. The second-order valence-corrected chi connectivity index (χ2v) is 8.56. The van der Waals surface area contributed by atoms with Gasteiger partial charge in [0.25, 0.3) is 0 Å². The molecule has 1 fully saturated rings. The Morgan fingerprint density at radius 1 is 1.07 bits per heavy atom. The number of methoxy groups -OCH3 is 2. The molecule has 2 aromatic rings. The van der Waals surface area contributed by atoms with E-state index in [9.17, 15) is 8.42 Å². The molecule has 1 aliphatic heterocycles. The summed E-state index contributed by atoms with van der Waals surface area (Å²) in [6.07, 6.45) is 1.40. The lowest BCUT2D eigenvalue weighted by atomic mass is 10.2. The summed E-state index contributed by atoms with van der Waals surface area (Å²) in [5.41, 5.74) is 0.915. The summed E-state index contributed by atoms with van der Waals surface area (Å²) in [6, 6.07) is 8.83. The van der Waals surface area contributed by atoms with E-state index < -0.39 is 10.0 Å². The van der Waals surface area contributed by atoms with Gasteiger partial charge in [-0.3, -0.25) is 0 Å². The first-order chi connectivity index (χ1) is 13.4. The minimum absolute atomic E-state index is 0.210. The van der Waals surface area contributed by atoms with Gasteiger partial charge in [0.05, 0.1) is 14.2 Å². The van der Waals surface area contributed by atoms with Crippen molar-refractivity contribution in [3.63, 3.8) is 0 Å². The van der Waals surface area contributed by atoms with Crippen molar-refractivity contribution < 1.29 is 17.9 Å². The molecule has 0 spiro atoms. The van der Waals surface area contributed by atoms with Gasteiger partial charge in [0.2, 0.25) is 10.0 Å². The van der Waals surface area contributed by atoms with Crippen LogP contribution in [0.5, 0.6) is 11.5 Å². The molecule has 0 saturated carbocycles. The second-order valence-electron chi connectivity index (χ2n) is 6.62. The maximum Gasteiger partial charge on any atom is 0.244 e. The second kappa shape index (κ2) is 8.76. The third kappa shape index (κ3) is 4.54. The lowest BCUT2D eigenvalue weighted by molar-refractivity contribution is 0.222. The van der Waals surface area contributed by atoms with Gasteiger partial charge in [0, 0.05) is 44.5 Å². The molecule has 0 radical (unpaired) electrons. The van der Waals surface area contributed by atoms with Crippen LogP contribution in [0.25, 0.3) is 0 Å². The van der Waals surface area contributed by atoms with Gasteiger partial charge in [-0.2, -0.15) is 4.31 Å². The summed E-state index contributed by atoms with van der Waals surface area (Å²) in [5, 5.41) is 3.19. The van der Waals surface area contributed by atoms with E-state index in [-0.39, 0.29) is 4.90 Å². The summed E-state index contributed by atoms with van der Waals surface area (Å²) >= 11 is 0. The molecule has 0 bridgehead atoms. The fourth-order valence-corrected chi connectivity index (χ4v) is 4.39. The molecular weight excluding hydrogens is 380 g/mol. The first kappa shape index (κ1) is 20.4. The molecule has 1 aromatic heterocycles. The average Bonchev–Trinajstić information content (AvgIpc) is 2.72. The summed E-state index contributed by atoms with van der Waals surface area (Å²) in [5.74, 6) is 2.06. The van der Waals surface area contributed by atoms with Crippen LogP contribution in [0.4, 0.5) is 5.82 Å². The normalized spacial score (nSPS) is 16.0. The van der Waals surface area contributed by atoms with Gasteiger partial charge in [0.15, 0.2) is 0 Å². The molecule has 8 nitrogen and oxygen atoms in total. The summed E-state index contributed by atoms with van der Waals surface area (Å²) in [6.45, 7) is 2.92. The SMILES string of the molecule is COc1ccc(OC)c(CNc2ccc(S(=O)(=O)N3CCN(C)CC3)cn2)c1. The standard InChI is InChI=1S/C19H26N4O4S/c1-22-8-10-23(11-9-22)28(24,25)17-5-7-19(21-14-17)20-13-15-12-16(26-2)4-6-18(15)27-3/h4-7,12,14H,8-11,13H2,1-3H3,(H,20,21). The number of benzene rings is 1. The molecule has 1 N–H and O–H groups in total. The third-order valence-corrected chi connectivity index (χ3v) is 6.67. The summed E-state index contributed by atoms with van der Waals surface area (Å²) < 4.78 is 37.6. The maximum atomic E-state index is 12.8. The van der Waals surface area contributed by atoms with Crippen LogP contribution in [0, 0.1) is 0 Å². The average molecular weight is 407 g/mol. The number of hydrogen-bond acceptors (Lipinski definition) is 7. The van der Waals surface area contributed by atoms with Gasteiger partial charge >= 0.3 is 0 Å². The highest BCUT2D eigenvalue weighted by Crippen LogP contribution is 2.25. The number of pyridine rings is 1. The quantitative estimate of drug-likeness (QED) is 0.748. The van der Waals surface area contributed by atoms with Crippen molar-refractivity contribution >= 4 is 15.8 Å². The van der Waals surface area contributed by atoms with E-state index in [1.54, 1.807) is 26.4 Å². The van der Waals surface area contributed by atoms with E-state index in [4.69, 9.17) is 9.47 Å². The Hall–Kier alpha value is -2.36. The first-order valence-corrected chi connectivity index (χ1v) is 10.5. The Bertz CT molecular complexity index is 895. The molecule has 3 rings (SSSR count). The van der Waals surface area contributed by atoms with Crippen molar-refractivity contribution in [1.82, 2.24) is 14.2 Å². The molecule has 28 heavy (non-hydrogen) atoms. The largest absolute Gasteiger partial charge is 0.497 e. The molecule has 9 heteroatoms. The van der Waals surface area contributed by atoms with E-state index in [2.05, 4.69) is 15.2 Å². The number of sulfonamides is 1. The molecule has 0 unspecified atom stereocenters. The lowest BCUT2D eigenvalue weighted by Gasteiger charge is -2.31. The van der Waals surface area contributed by atoms with Crippen molar-refractivity contribution in [2.75, 3.05) is 52.8 Å². The molecule has 2 heterocycles. The monoisotopic (exact) mass is 406 g/mol. The summed E-state index contributed by atoms with van der Waals surface area (Å²) in [4.78, 5) is 6.59. The van der Waals surface area contributed by atoms with Crippen molar-refractivity contribution in [3.8, 4) is 11.5 Å². The Kier molecular flexibility index (Phi) is 6.38. The van der Waals surface area contributed by atoms with E-state index in [0.717, 1.165) is 30.2 Å². The van der Waals surface area contributed by atoms with Crippen LogP contribution in [-0.2, 0) is 16.6 Å². The van der Waals surface area contributed by atoms with Crippen LogP contribution in [0.1, 0.15) is 5.56 Å². The van der Waals surface area contributed by atoms with E-state index in [0.29, 0.717) is 25.5 Å². The van der Waals surface area contributed by atoms with Crippen LogP contribution >= 0.6 is 0 Å². The van der Waals surface area contributed by atoms with Crippen LogP contribution in [0.2, 0.25) is 0 Å². The third-order valence-electron chi connectivity index (χ3n) is 4.78. The van der Waals surface area contributed by atoms with Gasteiger partial charge in [0.1, 0.15) is 22.2 Å². The fourth-order valence-electron chi connectivity index (χ4n) is 3.02. The zero-order valence-electron chi connectivity index (χ0n) is 16.4. The van der Waals surface area contributed by atoms with E-state index in [1.165, 1.54) is 10.5 Å². The number of nitrogens with zero attached hydrogens (tertiary/aromatic N) is 3. The lowest BCUT2D eigenvalue weighted by Crippen LogP contribution is -2.47. The predicted octanol–water partition coefficient (Wildman–Crippen LogP) is 1.65. The molecule has 1 aliphatic rings. The Labute approximate surface area is 166 Å². The van der Waals surface area contributed by atoms with Gasteiger partial charge in [-0.05, 0) is 37.4 Å². The van der Waals surface area contributed by atoms with E-state index in [1.807, 2.05) is 25.2 Å². The van der Waals surface area contributed by atoms with Gasteiger partial charge in [-0.15, -0.1) is 0 Å². The molecule has 0 amide bonds. The predicted molar refractivity (Wildman–Crippen MR) is 107 cm³/mol. The van der Waals surface area contributed by atoms with Gasteiger partial charge in [-0.1, -0.05) is 0 Å².